The Balaban J connectivity index is 1.82. The molecule has 0 spiro atoms. The zero-order valence-electron chi connectivity index (χ0n) is 11.8. The Hall–Kier alpha value is -1.43. The summed E-state index contributed by atoms with van der Waals surface area (Å²) in [6.45, 7) is 3.86. The molecule has 106 valence electrons. The second-order valence-electron chi connectivity index (χ2n) is 5.20. The first-order valence-corrected chi connectivity index (χ1v) is 7.10. The lowest BCUT2D eigenvalue weighted by molar-refractivity contribution is 0.0918. The molecule has 2 N–H and O–H groups in total. The smallest absolute Gasteiger partial charge is 0.291 e. The molecule has 1 amide bonds. The summed E-state index contributed by atoms with van der Waals surface area (Å²) in [6, 6.07) is 0.437. The number of nitrogens with one attached hydrogen (secondary N) is 2. The molecular formula is C13H23N5O. The van der Waals surface area contributed by atoms with E-state index in [-0.39, 0.29) is 11.7 Å². The number of nitrogens with zero attached hydrogens (tertiary/aromatic N) is 3. The minimum Gasteiger partial charge on any atom is -0.348 e. The average molecular weight is 265 g/mol. The van der Waals surface area contributed by atoms with Gasteiger partial charge < -0.3 is 10.2 Å². The van der Waals surface area contributed by atoms with E-state index in [1.54, 1.807) is 0 Å². The number of aryl methyl sites for hydroxylation is 1. The zero-order valence-corrected chi connectivity index (χ0v) is 11.8. The van der Waals surface area contributed by atoms with Gasteiger partial charge in [-0.2, -0.15) is 0 Å². The molecule has 0 radical (unpaired) electrons. The van der Waals surface area contributed by atoms with Gasteiger partial charge in [0.1, 0.15) is 5.82 Å². The molecule has 1 saturated heterocycles. The van der Waals surface area contributed by atoms with Gasteiger partial charge in [0, 0.05) is 19.0 Å². The van der Waals surface area contributed by atoms with Gasteiger partial charge in [-0.3, -0.25) is 9.89 Å². The van der Waals surface area contributed by atoms with E-state index >= 15 is 0 Å². The highest BCUT2D eigenvalue weighted by molar-refractivity contribution is 5.90. The van der Waals surface area contributed by atoms with Crippen LogP contribution in [0, 0.1) is 0 Å². The number of hydrogen-bond donors (Lipinski definition) is 2. The number of carbonyl (C=O) groups excluding carboxylic acids is 1. The van der Waals surface area contributed by atoms with Gasteiger partial charge in [0.2, 0.25) is 5.82 Å². The molecular weight excluding hydrogens is 242 g/mol. The number of carbonyl (C=O) groups is 1. The highest BCUT2D eigenvalue weighted by atomic mass is 16.2. The van der Waals surface area contributed by atoms with Crippen molar-refractivity contribution in [2.24, 2.45) is 0 Å². The number of hydrogen-bond acceptors (Lipinski definition) is 4. The van der Waals surface area contributed by atoms with Gasteiger partial charge in [0.25, 0.3) is 5.91 Å². The van der Waals surface area contributed by atoms with Gasteiger partial charge in [-0.25, -0.2) is 4.98 Å². The number of H-pyrrole nitrogens is 1. The fourth-order valence-electron chi connectivity index (χ4n) is 2.44. The van der Waals surface area contributed by atoms with Crippen molar-refractivity contribution >= 4 is 5.91 Å². The van der Waals surface area contributed by atoms with Gasteiger partial charge in [-0.1, -0.05) is 13.3 Å². The number of piperidine rings is 1. The molecule has 19 heavy (non-hydrogen) atoms. The summed E-state index contributed by atoms with van der Waals surface area (Å²) in [5.74, 6) is 0.849. The molecule has 1 aliphatic heterocycles. The largest absolute Gasteiger partial charge is 0.348 e. The van der Waals surface area contributed by atoms with Crippen LogP contribution in [0.3, 0.4) is 0 Å². The molecule has 2 heterocycles. The van der Waals surface area contributed by atoms with Crippen molar-refractivity contribution in [1.29, 1.82) is 0 Å². The molecule has 2 rings (SSSR count). The van der Waals surface area contributed by atoms with Crippen molar-refractivity contribution in [1.82, 2.24) is 25.4 Å². The summed E-state index contributed by atoms with van der Waals surface area (Å²) in [5, 5.41) is 9.69. The molecule has 0 aromatic carbocycles. The van der Waals surface area contributed by atoms with E-state index in [0.29, 0.717) is 12.6 Å². The van der Waals surface area contributed by atoms with Crippen molar-refractivity contribution in [3.05, 3.63) is 11.6 Å². The third-order valence-electron chi connectivity index (χ3n) is 3.64. The second-order valence-corrected chi connectivity index (χ2v) is 5.20. The van der Waals surface area contributed by atoms with Crippen LogP contribution in [0.5, 0.6) is 0 Å². The van der Waals surface area contributed by atoms with E-state index in [1.165, 1.54) is 12.8 Å². The van der Waals surface area contributed by atoms with Crippen molar-refractivity contribution in [3.8, 4) is 0 Å². The van der Waals surface area contributed by atoms with Crippen LogP contribution in [-0.2, 0) is 6.42 Å². The summed E-state index contributed by atoms with van der Waals surface area (Å²) >= 11 is 0. The average Bonchev–Trinajstić information content (AvgIpc) is 2.87. The molecule has 1 aliphatic rings. The monoisotopic (exact) mass is 265 g/mol. The summed E-state index contributed by atoms with van der Waals surface area (Å²) in [5.41, 5.74) is 0. The van der Waals surface area contributed by atoms with E-state index in [0.717, 1.165) is 31.6 Å². The molecule has 1 fully saturated rings. The number of likely N-dealkylation sites (N-methyl/N-ethyl adjacent to an activating group) is 1. The fraction of sp³-hybridized carbons (Fsp3) is 0.769. The third kappa shape index (κ3) is 3.76. The number of aromatic amines is 1. The first-order chi connectivity index (χ1) is 9.20. The molecule has 6 heteroatoms. The number of likely N-dealkylation sites (tertiary alicyclic amines) is 1. The van der Waals surface area contributed by atoms with Crippen LogP contribution in [0.4, 0.5) is 0 Å². The van der Waals surface area contributed by atoms with Crippen LogP contribution in [0.1, 0.15) is 49.1 Å². The van der Waals surface area contributed by atoms with Crippen LogP contribution >= 0.6 is 0 Å². The normalized spacial score (nSPS) is 20.4. The van der Waals surface area contributed by atoms with E-state index in [9.17, 15) is 4.79 Å². The number of aromatic nitrogens is 3. The summed E-state index contributed by atoms with van der Waals surface area (Å²) < 4.78 is 0. The summed E-state index contributed by atoms with van der Waals surface area (Å²) in [6.07, 6.45) is 5.45. The molecule has 6 nitrogen and oxygen atoms in total. The van der Waals surface area contributed by atoms with Gasteiger partial charge in [-0.15, -0.1) is 5.10 Å². The van der Waals surface area contributed by atoms with Crippen molar-refractivity contribution in [2.75, 3.05) is 20.1 Å². The Morgan fingerprint density at radius 2 is 2.37 bits per heavy atom. The first kappa shape index (κ1) is 14.0. The Morgan fingerprint density at radius 1 is 1.53 bits per heavy atom. The first-order valence-electron chi connectivity index (χ1n) is 7.10. The van der Waals surface area contributed by atoms with Crippen LogP contribution in [0.15, 0.2) is 0 Å². The minimum absolute atomic E-state index is 0.183. The Morgan fingerprint density at radius 3 is 3.11 bits per heavy atom. The maximum atomic E-state index is 11.9. The molecule has 0 bridgehead atoms. The molecule has 1 aromatic rings. The Bertz CT molecular complexity index is 417. The van der Waals surface area contributed by atoms with Crippen LogP contribution in [-0.4, -0.2) is 52.2 Å². The quantitative estimate of drug-likeness (QED) is 0.832. The molecule has 0 aliphatic carbocycles. The number of rotatable bonds is 5. The lowest BCUT2D eigenvalue weighted by atomic mass is 10.0. The van der Waals surface area contributed by atoms with Crippen molar-refractivity contribution in [3.63, 3.8) is 0 Å². The predicted octanol–water partition coefficient (Wildman–Crippen LogP) is 0.971. The zero-order chi connectivity index (χ0) is 13.7. The maximum absolute atomic E-state index is 11.9. The Labute approximate surface area is 114 Å². The Kier molecular flexibility index (Phi) is 4.90. The topological polar surface area (TPSA) is 73.9 Å². The van der Waals surface area contributed by atoms with Crippen molar-refractivity contribution in [2.45, 2.75) is 45.1 Å². The van der Waals surface area contributed by atoms with Crippen LogP contribution < -0.4 is 5.32 Å². The van der Waals surface area contributed by atoms with Crippen LogP contribution in [0.2, 0.25) is 0 Å². The predicted molar refractivity (Wildman–Crippen MR) is 73.0 cm³/mol. The lowest BCUT2D eigenvalue weighted by Crippen LogP contribution is -2.44. The van der Waals surface area contributed by atoms with E-state index < -0.39 is 0 Å². The highest BCUT2D eigenvalue weighted by Crippen LogP contribution is 2.14. The van der Waals surface area contributed by atoms with Gasteiger partial charge in [-0.05, 0) is 32.9 Å². The maximum Gasteiger partial charge on any atom is 0.291 e. The molecule has 1 unspecified atom stereocenters. The van der Waals surface area contributed by atoms with Gasteiger partial charge >= 0.3 is 0 Å². The summed E-state index contributed by atoms with van der Waals surface area (Å²) in [7, 11) is 2.11. The van der Waals surface area contributed by atoms with Crippen LogP contribution in [0.25, 0.3) is 0 Å². The number of amides is 1. The lowest BCUT2D eigenvalue weighted by Gasteiger charge is -2.32. The SMILES string of the molecule is CCCc1nc(C(=O)NCC2CCCCN2C)n[nH]1. The highest BCUT2D eigenvalue weighted by Gasteiger charge is 2.20. The van der Waals surface area contributed by atoms with Gasteiger partial charge in [0.05, 0.1) is 0 Å². The third-order valence-corrected chi connectivity index (χ3v) is 3.64. The van der Waals surface area contributed by atoms with E-state index in [2.05, 4.69) is 39.4 Å². The van der Waals surface area contributed by atoms with Gasteiger partial charge in [0.15, 0.2) is 0 Å². The molecule has 1 atom stereocenters. The molecule has 1 aromatic heterocycles. The van der Waals surface area contributed by atoms with Crippen molar-refractivity contribution < 1.29 is 4.79 Å². The second kappa shape index (κ2) is 6.65. The fourth-order valence-corrected chi connectivity index (χ4v) is 2.44. The van der Waals surface area contributed by atoms with E-state index in [1.807, 2.05) is 0 Å². The summed E-state index contributed by atoms with van der Waals surface area (Å²) in [4.78, 5) is 18.4. The molecule has 0 saturated carbocycles. The van der Waals surface area contributed by atoms with E-state index in [4.69, 9.17) is 0 Å². The standard InChI is InChI=1S/C13H23N5O/c1-3-6-11-15-12(17-16-11)13(19)14-9-10-7-4-5-8-18(10)2/h10H,3-9H2,1-2H3,(H,14,19)(H,15,16,17). The minimum atomic E-state index is -0.183.